The maximum absolute atomic E-state index is 2.68. The van der Waals surface area contributed by atoms with E-state index in [1.807, 2.05) is 0 Å². The van der Waals surface area contributed by atoms with E-state index in [9.17, 15) is 0 Å². The summed E-state index contributed by atoms with van der Waals surface area (Å²) in [7, 11) is 0. The van der Waals surface area contributed by atoms with Crippen LogP contribution in [0.25, 0.3) is 100 Å². The van der Waals surface area contributed by atoms with Crippen molar-refractivity contribution in [1.82, 2.24) is 0 Å². The third-order valence-electron chi connectivity index (χ3n) is 25.1. The van der Waals surface area contributed by atoms with Gasteiger partial charge in [-0.2, -0.15) is 0 Å². The van der Waals surface area contributed by atoms with E-state index in [-0.39, 0.29) is 6.71 Å². The van der Waals surface area contributed by atoms with Gasteiger partial charge >= 0.3 is 0 Å². The van der Waals surface area contributed by atoms with Crippen molar-refractivity contribution in [2.45, 2.75) is 55.4 Å². The second-order valence-corrected chi connectivity index (χ2v) is 32.7. The summed E-state index contributed by atoms with van der Waals surface area (Å²) < 4.78 is 0. The van der Waals surface area contributed by atoms with Crippen molar-refractivity contribution in [3.63, 3.8) is 0 Å². The molecule has 20 rings (SSSR count). The summed E-state index contributed by atoms with van der Waals surface area (Å²) in [6, 6.07) is 153. The highest BCUT2D eigenvalue weighted by atomic mass is 15.2. The van der Waals surface area contributed by atoms with Crippen LogP contribution in [-0.4, -0.2) is 6.71 Å². The minimum atomic E-state index is -0.327. The Hall–Kier alpha value is -14.8. The lowest BCUT2D eigenvalue weighted by molar-refractivity contribution is 1.23. The van der Waals surface area contributed by atoms with Crippen molar-refractivity contribution in [3.8, 4) is 100 Å². The molecule has 18 aromatic rings. The quantitative estimate of drug-likeness (QED) is 0.0843. The average molecular weight is 1550 g/mol. The molecule has 0 saturated carbocycles. The van der Waals surface area contributed by atoms with E-state index >= 15 is 0 Å². The molecule has 121 heavy (non-hydrogen) atoms. The molecule has 2 heterocycles. The zero-order chi connectivity index (χ0) is 81.9. The SMILES string of the molecule is Cc1cccc(C)c1-c1ccc(N(c2ccc(-c3c(C)cccc3C)cc2)c2ccc3c(c2)N(c2c(-c4ccccc4)cccc2-c2ccccc2)c2cc(-c4ccccc4)cc4c2B3c2ccc(N(c3ccc(-c5c(C)cccc5C)cc3)c3ccc(-c5c(C)cccc5C)cc3)cc2N4c2c(-c3ccccc3)cccc2-c2ccccc2)cc1. The summed E-state index contributed by atoms with van der Waals surface area (Å²) >= 11 is 0. The van der Waals surface area contributed by atoms with Gasteiger partial charge in [0.05, 0.1) is 11.4 Å². The first-order valence-electron chi connectivity index (χ1n) is 42.2. The van der Waals surface area contributed by atoms with Gasteiger partial charge in [-0.15, -0.1) is 0 Å². The Morgan fingerprint density at radius 1 is 0.182 bits per heavy atom. The zero-order valence-corrected chi connectivity index (χ0v) is 69.5. The number of nitrogens with zero attached hydrogens (tertiary/aromatic N) is 4. The van der Waals surface area contributed by atoms with Gasteiger partial charge in [0, 0.05) is 79.1 Å². The van der Waals surface area contributed by atoms with Crippen molar-refractivity contribution in [1.29, 1.82) is 0 Å². The summed E-state index contributed by atoms with van der Waals surface area (Å²) in [4.78, 5) is 10.3. The standard InChI is InChI=1S/C116H91BN4/c1-76-30-24-31-77(2)110(76)89-52-60-94(61-53-89)118(95-62-54-90(55-63-95)111-78(3)32-25-33-79(111)4)98-68-70-104-106(74-98)120(115-100(85-40-16-10-17-41-85)48-28-49-101(115)86-42-18-11-19-43-86)108-72-93(84-38-14-9-15-39-84)73-109-114(108)117(104)105-71-69-99(75-107(105)121(109)116-102(87-44-20-12-21-45-87)50-29-51-103(116)88-46-22-13-23-47-88)119(96-64-56-91(57-65-96)112-80(5)34-26-35-81(112)6)97-66-58-92(59-67-97)113-82(7)36-27-37-83(113)8/h9-75H,1-8H3. The predicted octanol–water partition coefficient (Wildman–Crippen LogP) is 30.2. The lowest BCUT2D eigenvalue weighted by Crippen LogP contribution is -2.61. The fourth-order valence-electron chi connectivity index (χ4n) is 19.6. The van der Waals surface area contributed by atoms with Crippen LogP contribution >= 0.6 is 0 Å². The Morgan fingerprint density at radius 3 is 0.669 bits per heavy atom. The molecule has 0 unspecified atom stereocenters. The lowest BCUT2D eigenvalue weighted by Gasteiger charge is -2.46. The molecule has 0 aliphatic carbocycles. The van der Waals surface area contributed by atoms with Gasteiger partial charge in [-0.25, -0.2) is 0 Å². The van der Waals surface area contributed by atoms with Crippen molar-refractivity contribution < 1.29 is 0 Å². The number of fused-ring (bicyclic) bond motifs is 4. The van der Waals surface area contributed by atoms with Gasteiger partial charge in [0.25, 0.3) is 6.71 Å². The second kappa shape index (κ2) is 31.6. The van der Waals surface area contributed by atoms with Crippen molar-refractivity contribution in [3.05, 3.63) is 451 Å². The van der Waals surface area contributed by atoms with Crippen molar-refractivity contribution in [2.24, 2.45) is 0 Å². The molecule has 2 aliphatic heterocycles. The highest BCUT2D eigenvalue weighted by Crippen LogP contribution is 2.56. The minimum absolute atomic E-state index is 0.327. The third-order valence-corrected chi connectivity index (χ3v) is 25.1. The predicted molar refractivity (Wildman–Crippen MR) is 517 cm³/mol. The highest BCUT2D eigenvalue weighted by Gasteiger charge is 2.46. The molecular weight excluding hydrogens is 1460 g/mol. The van der Waals surface area contributed by atoms with E-state index in [1.165, 1.54) is 105 Å². The number of hydrogen-bond donors (Lipinski definition) is 0. The van der Waals surface area contributed by atoms with E-state index in [0.717, 1.165) is 124 Å². The molecule has 18 aromatic carbocycles. The molecule has 0 saturated heterocycles. The minimum Gasteiger partial charge on any atom is -0.310 e. The highest BCUT2D eigenvalue weighted by molar-refractivity contribution is 7.00. The Labute approximate surface area is 712 Å². The molecule has 0 radical (unpaired) electrons. The third kappa shape index (κ3) is 13.6. The van der Waals surface area contributed by atoms with Crippen molar-refractivity contribution >= 4 is 91.3 Å². The van der Waals surface area contributed by atoms with Crippen LogP contribution in [0.2, 0.25) is 0 Å². The molecule has 5 heteroatoms. The Bertz CT molecular complexity index is 6160. The lowest BCUT2D eigenvalue weighted by atomic mass is 9.33. The average Bonchev–Trinajstić information content (AvgIpc) is 0.686. The maximum atomic E-state index is 2.68. The number of para-hydroxylation sites is 2. The van der Waals surface area contributed by atoms with Crippen molar-refractivity contribution in [2.75, 3.05) is 19.6 Å². The summed E-state index contributed by atoms with van der Waals surface area (Å²) in [6.45, 7) is 17.5. The molecule has 578 valence electrons. The van der Waals surface area contributed by atoms with Crippen LogP contribution in [0.4, 0.5) is 68.2 Å². The summed E-state index contributed by atoms with van der Waals surface area (Å²) in [5.41, 5.74) is 47.2. The first-order valence-corrected chi connectivity index (χ1v) is 42.2. The van der Waals surface area contributed by atoms with Crippen LogP contribution in [0.3, 0.4) is 0 Å². The van der Waals surface area contributed by atoms with E-state index in [1.54, 1.807) is 0 Å². The Morgan fingerprint density at radius 2 is 0.413 bits per heavy atom. The largest absolute Gasteiger partial charge is 0.310 e. The molecule has 0 fully saturated rings. The van der Waals surface area contributed by atoms with Gasteiger partial charge in [0.15, 0.2) is 0 Å². The first kappa shape index (κ1) is 75.0. The first-order chi connectivity index (χ1) is 59.4. The number of hydrogen-bond acceptors (Lipinski definition) is 4. The molecule has 0 aromatic heterocycles. The number of rotatable bonds is 17. The van der Waals surface area contributed by atoms with Gasteiger partial charge in [-0.1, -0.05) is 322 Å². The van der Waals surface area contributed by atoms with E-state index in [4.69, 9.17) is 0 Å². The molecule has 4 nitrogen and oxygen atoms in total. The van der Waals surface area contributed by atoms with Crippen LogP contribution in [-0.2, 0) is 0 Å². The number of aryl methyl sites for hydroxylation is 8. The fourth-order valence-corrected chi connectivity index (χ4v) is 19.6. The molecule has 0 spiro atoms. The maximum Gasteiger partial charge on any atom is 0.252 e. The van der Waals surface area contributed by atoms with Gasteiger partial charge in [0.2, 0.25) is 0 Å². The Balaban J connectivity index is 0.904. The summed E-state index contributed by atoms with van der Waals surface area (Å²) in [5.74, 6) is 0. The monoisotopic (exact) mass is 1550 g/mol. The number of anilines is 12. The second-order valence-electron chi connectivity index (χ2n) is 32.7. The van der Waals surface area contributed by atoms with E-state index in [0.29, 0.717) is 0 Å². The van der Waals surface area contributed by atoms with Crippen LogP contribution in [0, 0.1) is 55.4 Å². The molecular formula is C116H91BN4. The van der Waals surface area contributed by atoms with E-state index in [2.05, 4.69) is 481 Å². The molecule has 0 N–H and O–H groups in total. The molecule has 0 amide bonds. The fraction of sp³-hybridized carbons (Fsp3) is 0.0690. The van der Waals surface area contributed by atoms with Crippen LogP contribution in [0.5, 0.6) is 0 Å². The summed E-state index contributed by atoms with van der Waals surface area (Å²) in [5, 5.41) is 0. The van der Waals surface area contributed by atoms with Crippen LogP contribution < -0.4 is 36.0 Å². The van der Waals surface area contributed by atoms with Gasteiger partial charge < -0.3 is 19.6 Å². The zero-order valence-electron chi connectivity index (χ0n) is 69.5. The van der Waals surface area contributed by atoms with Gasteiger partial charge in [-0.3, -0.25) is 0 Å². The molecule has 0 bridgehead atoms. The normalized spacial score (nSPS) is 11.9. The van der Waals surface area contributed by atoms with Crippen LogP contribution in [0.15, 0.2) is 406 Å². The van der Waals surface area contributed by atoms with Gasteiger partial charge in [-0.05, 0) is 279 Å². The topological polar surface area (TPSA) is 13.0 Å². The van der Waals surface area contributed by atoms with Gasteiger partial charge in [0.1, 0.15) is 0 Å². The van der Waals surface area contributed by atoms with Crippen LogP contribution in [0.1, 0.15) is 44.5 Å². The summed E-state index contributed by atoms with van der Waals surface area (Å²) in [6.07, 6.45) is 0. The van der Waals surface area contributed by atoms with E-state index < -0.39 is 0 Å². The Kier molecular flexibility index (Phi) is 19.6. The smallest absolute Gasteiger partial charge is 0.252 e. The number of benzene rings is 18. The molecule has 2 aliphatic rings. The molecule has 0 atom stereocenters.